The van der Waals surface area contributed by atoms with Gasteiger partial charge in [-0.25, -0.2) is 0 Å². The van der Waals surface area contributed by atoms with Gasteiger partial charge in [0.2, 0.25) is 0 Å². The Hall–Kier alpha value is -1.02. The first-order valence-electron chi connectivity index (χ1n) is 7.22. The van der Waals surface area contributed by atoms with Crippen molar-refractivity contribution < 1.29 is 0 Å². The van der Waals surface area contributed by atoms with Crippen LogP contribution in [0, 0.1) is 12.8 Å². The van der Waals surface area contributed by atoms with Crippen LogP contribution in [0.4, 0.5) is 0 Å². The number of aryl methyl sites for hydroxylation is 1. The summed E-state index contributed by atoms with van der Waals surface area (Å²) < 4.78 is 0. The molecule has 1 atom stereocenters. The molecule has 1 N–H and O–H groups in total. The van der Waals surface area contributed by atoms with Gasteiger partial charge < -0.3 is 5.32 Å². The van der Waals surface area contributed by atoms with E-state index in [-0.39, 0.29) is 0 Å². The molecule has 0 radical (unpaired) electrons. The lowest BCUT2D eigenvalue weighted by Crippen LogP contribution is -2.23. The van der Waals surface area contributed by atoms with Crippen LogP contribution in [0.5, 0.6) is 0 Å². The molecule has 0 heterocycles. The molecular formula is C18H21Cl2N. The van der Waals surface area contributed by atoms with Gasteiger partial charge in [0.1, 0.15) is 0 Å². The average molecular weight is 322 g/mol. The molecule has 2 aromatic carbocycles. The average Bonchev–Trinajstić information content (AvgIpc) is 2.43. The Morgan fingerprint density at radius 2 is 1.86 bits per heavy atom. The maximum atomic E-state index is 6.29. The monoisotopic (exact) mass is 321 g/mol. The predicted octanol–water partition coefficient (Wildman–Crippen LogP) is 4.92. The molecule has 2 rings (SSSR count). The van der Waals surface area contributed by atoms with Crippen LogP contribution in [0.25, 0.3) is 0 Å². The van der Waals surface area contributed by atoms with E-state index < -0.39 is 0 Å². The lowest BCUT2D eigenvalue weighted by Gasteiger charge is -2.18. The van der Waals surface area contributed by atoms with Gasteiger partial charge in [-0.05, 0) is 68.6 Å². The Labute approximate surface area is 137 Å². The van der Waals surface area contributed by atoms with Gasteiger partial charge in [0.15, 0.2) is 0 Å². The third kappa shape index (κ3) is 5.03. The summed E-state index contributed by atoms with van der Waals surface area (Å²) in [4.78, 5) is 0. The summed E-state index contributed by atoms with van der Waals surface area (Å²) in [5.41, 5.74) is 3.79. The van der Waals surface area contributed by atoms with Crippen LogP contribution in [0.3, 0.4) is 0 Å². The Bertz CT molecular complexity index is 596. The van der Waals surface area contributed by atoms with Gasteiger partial charge in [0.05, 0.1) is 0 Å². The molecule has 0 aromatic heterocycles. The minimum atomic E-state index is 0.493. The molecule has 0 bridgehead atoms. The van der Waals surface area contributed by atoms with Crippen molar-refractivity contribution in [1.82, 2.24) is 5.32 Å². The summed E-state index contributed by atoms with van der Waals surface area (Å²) in [6.45, 7) is 3.08. The van der Waals surface area contributed by atoms with Crippen LogP contribution in [-0.4, -0.2) is 13.6 Å². The standard InChI is InChI=1S/C18H21Cl2N/c1-13-4-3-5-14(8-13)9-15(12-21-2)10-16-11-17(19)6-7-18(16)20/h3-8,11,15,21H,9-10,12H2,1-2H3. The summed E-state index contributed by atoms with van der Waals surface area (Å²) in [5, 5.41) is 4.82. The van der Waals surface area contributed by atoms with Crippen molar-refractivity contribution in [2.24, 2.45) is 5.92 Å². The molecule has 0 aliphatic heterocycles. The molecule has 0 aliphatic rings. The highest BCUT2D eigenvalue weighted by atomic mass is 35.5. The number of rotatable bonds is 6. The van der Waals surface area contributed by atoms with Crippen molar-refractivity contribution >= 4 is 23.2 Å². The number of halogens is 2. The zero-order valence-electron chi connectivity index (χ0n) is 12.5. The number of benzene rings is 2. The minimum absolute atomic E-state index is 0.493. The van der Waals surface area contributed by atoms with E-state index in [1.807, 2.05) is 25.2 Å². The Balaban J connectivity index is 2.13. The Kier molecular flexibility index (Phi) is 6.10. The topological polar surface area (TPSA) is 12.0 Å². The minimum Gasteiger partial charge on any atom is -0.319 e. The molecule has 2 aromatic rings. The first-order valence-corrected chi connectivity index (χ1v) is 7.98. The SMILES string of the molecule is CNCC(Cc1cccc(C)c1)Cc1cc(Cl)ccc1Cl. The van der Waals surface area contributed by atoms with E-state index >= 15 is 0 Å². The van der Waals surface area contributed by atoms with E-state index in [2.05, 4.69) is 36.5 Å². The van der Waals surface area contributed by atoms with Gasteiger partial charge in [0, 0.05) is 10.0 Å². The molecule has 1 nitrogen and oxygen atoms in total. The molecule has 0 fully saturated rings. The van der Waals surface area contributed by atoms with Crippen LogP contribution >= 0.6 is 23.2 Å². The first-order chi connectivity index (χ1) is 10.1. The van der Waals surface area contributed by atoms with E-state index in [9.17, 15) is 0 Å². The molecular weight excluding hydrogens is 301 g/mol. The lowest BCUT2D eigenvalue weighted by atomic mass is 9.92. The molecule has 0 amide bonds. The van der Waals surface area contributed by atoms with Gasteiger partial charge in [-0.3, -0.25) is 0 Å². The highest BCUT2D eigenvalue weighted by Crippen LogP contribution is 2.24. The fourth-order valence-electron chi connectivity index (χ4n) is 2.69. The molecule has 112 valence electrons. The highest BCUT2D eigenvalue weighted by molar-refractivity contribution is 6.33. The molecule has 0 spiro atoms. The van der Waals surface area contributed by atoms with Gasteiger partial charge in [0.25, 0.3) is 0 Å². The Morgan fingerprint density at radius 1 is 1.05 bits per heavy atom. The van der Waals surface area contributed by atoms with Crippen LogP contribution in [0.2, 0.25) is 10.0 Å². The van der Waals surface area contributed by atoms with Crippen molar-refractivity contribution in [1.29, 1.82) is 0 Å². The van der Waals surface area contributed by atoms with Crippen molar-refractivity contribution in [3.63, 3.8) is 0 Å². The second-order valence-electron chi connectivity index (χ2n) is 5.56. The molecule has 0 saturated heterocycles. The summed E-state index contributed by atoms with van der Waals surface area (Å²) in [7, 11) is 1.99. The van der Waals surface area contributed by atoms with Gasteiger partial charge in [-0.15, -0.1) is 0 Å². The molecule has 3 heteroatoms. The maximum Gasteiger partial charge on any atom is 0.0439 e. The van der Waals surface area contributed by atoms with Crippen LogP contribution in [-0.2, 0) is 12.8 Å². The summed E-state index contributed by atoms with van der Waals surface area (Å²) in [5.74, 6) is 0.493. The highest BCUT2D eigenvalue weighted by Gasteiger charge is 2.13. The second kappa shape index (κ2) is 7.84. The summed E-state index contributed by atoms with van der Waals surface area (Å²) in [6, 6.07) is 14.4. The molecule has 21 heavy (non-hydrogen) atoms. The normalized spacial score (nSPS) is 12.4. The van der Waals surface area contributed by atoms with Crippen molar-refractivity contribution in [2.45, 2.75) is 19.8 Å². The predicted molar refractivity (Wildman–Crippen MR) is 92.5 cm³/mol. The van der Waals surface area contributed by atoms with Gasteiger partial charge >= 0.3 is 0 Å². The number of hydrogen-bond donors (Lipinski definition) is 1. The third-order valence-corrected chi connectivity index (χ3v) is 4.22. The zero-order valence-corrected chi connectivity index (χ0v) is 14.0. The van der Waals surface area contributed by atoms with E-state index in [1.165, 1.54) is 11.1 Å². The van der Waals surface area contributed by atoms with E-state index in [0.29, 0.717) is 5.92 Å². The smallest absolute Gasteiger partial charge is 0.0439 e. The maximum absolute atomic E-state index is 6.29. The van der Waals surface area contributed by atoms with E-state index in [4.69, 9.17) is 23.2 Å². The third-order valence-electron chi connectivity index (χ3n) is 3.62. The quantitative estimate of drug-likeness (QED) is 0.796. The summed E-state index contributed by atoms with van der Waals surface area (Å²) >= 11 is 12.4. The number of nitrogens with one attached hydrogen (secondary N) is 1. The largest absolute Gasteiger partial charge is 0.319 e. The van der Waals surface area contributed by atoms with Gasteiger partial charge in [-0.2, -0.15) is 0 Å². The summed E-state index contributed by atoms with van der Waals surface area (Å²) in [6.07, 6.45) is 1.96. The number of hydrogen-bond acceptors (Lipinski definition) is 1. The lowest BCUT2D eigenvalue weighted by molar-refractivity contribution is 0.493. The van der Waals surface area contributed by atoms with Crippen molar-refractivity contribution in [3.05, 3.63) is 69.2 Å². The van der Waals surface area contributed by atoms with E-state index in [0.717, 1.165) is 35.0 Å². The fraction of sp³-hybridized carbons (Fsp3) is 0.333. The Morgan fingerprint density at radius 3 is 2.57 bits per heavy atom. The van der Waals surface area contributed by atoms with Crippen LogP contribution in [0.1, 0.15) is 16.7 Å². The van der Waals surface area contributed by atoms with Crippen LogP contribution < -0.4 is 5.32 Å². The fourth-order valence-corrected chi connectivity index (χ4v) is 3.08. The molecule has 0 aliphatic carbocycles. The van der Waals surface area contributed by atoms with Gasteiger partial charge in [-0.1, -0.05) is 53.0 Å². The van der Waals surface area contributed by atoms with Crippen LogP contribution in [0.15, 0.2) is 42.5 Å². The molecule has 0 saturated carbocycles. The van der Waals surface area contributed by atoms with E-state index in [1.54, 1.807) is 0 Å². The second-order valence-corrected chi connectivity index (χ2v) is 6.40. The van der Waals surface area contributed by atoms with Crippen molar-refractivity contribution in [3.8, 4) is 0 Å². The zero-order chi connectivity index (χ0) is 15.2. The molecule has 1 unspecified atom stereocenters. The van der Waals surface area contributed by atoms with Crippen molar-refractivity contribution in [2.75, 3.05) is 13.6 Å². The first kappa shape index (κ1) is 16.4.